The Bertz CT molecular complexity index is 194. The van der Waals surface area contributed by atoms with E-state index in [2.05, 4.69) is 13.2 Å². The van der Waals surface area contributed by atoms with Crippen LogP contribution in [-0.4, -0.2) is 12.1 Å². The normalized spacial score (nSPS) is 11.8. The predicted molar refractivity (Wildman–Crippen MR) is 54.4 cm³/mol. The number of hydrogen-bond donors (Lipinski definition) is 0. The van der Waals surface area contributed by atoms with Crippen LogP contribution < -0.4 is 0 Å². The Morgan fingerprint density at radius 1 is 1.62 bits per heavy atom. The highest BCUT2D eigenvalue weighted by atomic mass is 16.5. The van der Waals surface area contributed by atoms with Gasteiger partial charge in [-0.1, -0.05) is 19.6 Å². The molecule has 13 heavy (non-hydrogen) atoms. The maximum absolute atomic E-state index is 11.0. The first-order chi connectivity index (χ1) is 6.11. The van der Waals surface area contributed by atoms with E-state index in [1.54, 1.807) is 6.92 Å². The van der Waals surface area contributed by atoms with Gasteiger partial charge < -0.3 is 4.74 Å². The summed E-state index contributed by atoms with van der Waals surface area (Å²) < 4.78 is 5.18. The molecule has 0 spiro atoms. The van der Waals surface area contributed by atoms with Crippen molar-refractivity contribution in [3.8, 4) is 0 Å². The topological polar surface area (TPSA) is 26.3 Å². The fraction of sp³-hybridized carbons (Fsp3) is 0.545. The molecule has 74 valence electrons. The first-order valence-electron chi connectivity index (χ1n) is 4.57. The zero-order valence-corrected chi connectivity index (χ0v) is 8.51. The van der Waals surface area contributed by atoms with E-state index in [1.165, 1.54) is 0 Å². The van der Waals surface area contributed by atoms with Gasteiger partial charge in [-0.15, -0.1) is 6.58 Å². The summed E-state index contributed by atoms with van der Waals surface area (Å²) in [5, 5.41) is 0. The Morgan fingerprint density at radius 2 is 2.23 bits per heavy atom. The van der Waals surface area contributed by atoms with Gasteiger partial charge in [0.1, 0.15) is 6.10 Å². The highest BCUT2D eigenvalue weighted by Gasteiger charge is 2.12. The maximum Gasteiger partial charge on any atom is 0.306 e. The third-order valence-corrected chi connectivity index (χ3v) is 1.75. The molecule has 2 nitrogen and oxygen atoms in total. The van der Waals surface area contributed by atoms with Crippen LogP contribution in [-0.2, 0) is 9.53 Å². The molecule has 0 aromatic carbocycles. The molecule has 0 saturated heterocycles. The van der Waals surface area contributed by atoms with E-state index in [9.17, 15) is 4.79 Å². The highest BCUT2D eigenvalue weighted by molar-refractivity contribution is 5.69. The van der Waals surface area contributed by atoms with Crippen molar-refractivity contribution >= 4 is 5.97 Å². The zero-order valence-electron chi connectivity index (χ0n) is 8.51. The van der Waals surface area contributed by atoms with Crippen molar-refractivity contribution in [2.75, 3.05) is 0 Å². The largest absolute Gasteiger partial charge is 0.458 e. The van der Waals surface area contributed by atoms with Crippen molar-refractivity contribution in [1.29, 1.82) is 0 Å². The summed E-state index contributed by atoms with van der Waals surface area (Å²) in [5.41, 5.74) is 0.892. The smallest absolute Gasteiger partial charge is 0.306 e. The lowest BCUT2D eigenvalue weighted by Crippen LogP contribution is -2.18. The SMILES string of the molecule is C=CCCC(OC(=O)CC)C(=C)C. The van der Waals surface area contributed by atoms with Crippen LogP contribution in [0.3, 0.4) is 0 Å². The fourth-order valence-corrected chi connectivity index (χ4v) is 0.917. The van der Waals surface area contributed by atoms with E-state index in [0.29, 0.717) is 6.42 Å². The van der Waals surface area contributed by atoms with Gasteiger partial charge in [0.05, 0.1) is 0 Å². The molecule has 1 unspecified atom stereocenters. The molecule has 0 radical (unpaired) electrons. The van der Waals surface area contributed by atoms with Gasteiger partial charge in [0, 0.05) is 6.42 Å². The van der Waals surface area contributed by atoms with Crippen LogP contribution in [0.1, 0.15) is 33.1 Å². The molecule has 2 heteroatoms. The van der Waals surface area contributed by atoms with Crippen molar-refractivity contribution in [1.82, 2.24) is 0 Å². The van der Waals surface area contributed by atoms with Gasteiger partial charge in [0.2, 0.25) is 0 Å². The highest BCUT2D eigenvalue weighted by Crippen LogP contribution is 2.12. The average Bonchev–Trinajstić information content (AvgIpc) is 2.11. The van der Waals surface area contributed by atoms with E-state index < -0.39 is 0 Å². The number of hydrogen-bond acceptors (Lipinski definition) is 2. The van der Waals surface area contributed by atoms with Crippen LogP contribution in [0.2, 0.25) is 0 Å². The standard InChI is InChI=1S/C11H18O2/c1-5-7-8-10(9(3)4)13-11(12)6-2/h5,10H,1,3,6-8H2,2,4H3. The average molecular weight is 182 g/mol. The second-order valence-electron chi connectivity index (χ2n) is 3.04. The Labute approximate surface area is 80.3 Å². The maximum atomic E-state index is 11.0. The van der Waals surface area contributed by atoms with E-state index in [1.807, 2.05) is 13.0 Å². The summed E-state index contributed by atoms with van der Waals surface area (Å²) in [7, 11) is 0. The van der Waals surface area contributed by atoms with E-state index in [4.69, 9.17) is 4.74 Å². The molecule has 0 fully saturated rings. The molecule has 0 saturated carbocycles. The Morgan fingerprint density at radius 3 is 2.62 bits per heavy atom. The molecule has 0 aromatic rings. The quantitative estimate of drug-likeness (QED) is 0.466. The van der Waals surface area contributed by atoms with E-state index in [-0.39, 0.29) is 12.1 Å². The molecular formula is C11H18O2. The van der Waals surface area contributed by atoms with Crippen LogP contribution in [0, 0.1) is 0 Å². The molecule has 0 rings (SSSR count). The van der Waals surface area contributed by atoms with Gasteiger partial charge in [-0.2, -0.15) is 0 Å². The second-order valence-corrected chi connectivity index (χ2v) is 3.04. The van der Waals surface area contributed by atoms with Crippen LogP contribution in [0.5, 0.6) is 0 Å². The zero-order chi connectivity index (χ0) is 10.3. The lowest BCUT2D eigenvalue weighted by molar-refractivity contribution is -0.147. The van der Waals surface area contributed by atoms with Crippen LogP contribution in [0.4, 0.5) is 0 Å². The second kappa shape index (κ2) is 6.46. The summed E-state index contributed by atoms with van der Waals surface area (Å²) >= 11 is 0. The van der Waals surface area contributed by atoms with E-state index >= 15 is 0 Å². The number of ether oxygens (including phenoxy) is 1. The van der Waals surface area contributed by atoms with Crippen molar-refractivity contribution in [2.45, 2.75) is 39.2 Å². The number of rotatable bonds is 6. The molecule has 0 N–H and O–H groups in total. The van der Waals surface area contributed by atoms with Crippen LogP contribution in [0.25, 0.3) is 0 Å². The van der Waals surface area contributed by atoms with Crippen molar-refractivity contribution in [2.24, 2.45) is 0 Å². The molecule has 0 aromatic heterocycles. The van der Waals surface area contributed by atoms with Crippen molar-refractivity contribution < 1.29 is 9.53 Å². The lowest BCUT2D eigenvalue weighted by atomic mass is 10.1. The summed E-state index contributed by atoms with van der Waals surface area (Å²) in [6.07, 6.45) is 3.71. The third kappa shape index (κ3) is 5.23. The van der Waals surface area contributed by atoms with Gasteiger partial charge in [-0.25, -0.2) is 0 Å². The number of carbonyl (C=O) groups is 1. The first-order valence-corrected chi connectivity index (χ1v) is 4.57. The Kier molecular flexibility index (Phi) is 5.94. The van der Waals surface area contributed by atoms with Gasteiger partial charge in [0.25, 0.3) is 0 Å². The van der Waals surface area contributed by atoms with Gasteiger partial charge in [-0.3, -0.25) is 4.79 Å². The Balaban J connectivity index is 4.01. The van der Waals surface area contributed by atoms with Gasteiger partial charge in [-0.05, 0) is 25.3 Å². The lowest BCUT2D eigenvalue weighted by Gasteiger charge is -2.16. The van der Waals surface area contributed by atoms with Crippen LogP contribution in [0.15, 0.2) is 24.8 Å². The monoisotopic (exact) mass is 182 g/mol. The molecule has 0 bridgehead atoms. The minimum absolute atomic E-state index is 0.148. The number of carbonyl (C=O) groups excluding carboxylic acids is 1. The minimum Gasteiger partial charge on any atom is -0.458 e. The number of esters is 1. The predicted octanol–water partition coefficient (Wildman–Crippen LogP) is 2.85. The molecule has 0 aliphatic carbocycles. The van der Waals surface area contributed by atoms with Gasteiger partial charge in [0.15, 0.2) is 0 Å². The van der Waals surface area contributed by atoms with Crippen molar-refractivity contribution in [3.05, 3.63) is 24.8 Å². The molecule has 0 aliphatic heterocycles. The van der Waals surface area contributed by atoms with Gasteiger partial charge >= 0.3 is 5.97 Å². The molecular weight excluding hydrogens is 164 g/mol. The van der Waals surface area contributed by atoms with E-state index in [0.717, 1.165) is 18.4 Å². The molecule has 0 amide bonds. The first kappa shape index (κ1) is 11.9. The number of allylic oxidation sites excluding steroid dienone is 1. The summed E-state index contributed by atoms with van der Waals surface area (Å²) in [6.45, 7) is 11.1. The summed E-state index contributed by atoms with van der Waals surface area (Å²) in [4.78, 5) is 11.0. The molecule has 0 aliphatic rings. The molecule has 0 heterocycles. The summed E-state index contributed by atoms with van der Waals surface area (Å²) in [5.74, 6) is -0.169. The third-order valence-electron chi connectivity index (χ3n) is 1.75. The summed E-state index contributed by atoms with van der Waals surface area (Å²) in [6, 6.07) is 0. The molecule has 1 atom stereocenters. The van der Waals surface area contributed by atoms with Crippen molar-refractivity contribution in [3.63, 3.8) is 0 Å². The van der Waals surface area contributed by atoms with Crippen LogP contribution >= 0.6 is 0 Å². The fourth-order valence-electron chi connectivity index (χ4n) is 0.917. The Hall–Kier alpha value is -1.05. The minimum atomic E-state index is -0.169.